The number of imidazole rings is 2. The van der Waals surface area contributed by atoms with Crippen molar-refractivity contribution in [1.29, 1.82) is 0 Å². The summed E-state index contributed by atoms with van der Waals surface area (Å²) in [7, 11) is 1.57. The zero-order valence-electron chi connectivity index (χ0n) is 17.9. The molecule has 1 fully saturated rings. The molecule has 0 aliphatic carbocycles. The van der Waals surface area contributed by atoms with E-state index in [0.717, 1.165) is 67.9 Å². The van der Waals surface area contributed by atoms with Gasteiger partial charge >= 0.3 is 5.97 Å². The molecule has 1 saturated heterocycles. The highest BCUT2D eigenvalue weighted by Crippen LogP contribution is 2.29. The monoisotopic (exact) mass is 428 g/mol. The Morgan fingerprint density at radius 3 is 2.87 bits per heavy atom. The van der Waals surface area contributed by atoms with Crippen molar-refractivity contribution >= 4 is 17.4 Å². The van der Waals surface area contributed by atoms with Crippen LogP contribution in [0.4, 0.5) is 5.82 Å². The summed E-state index contributed by atoms with van der Waals surface area (Å²) in [5.74, 6) is 0.410. The molecule has 0 amide bonds. The maximum absolute atomic E-state index is 12.4. The predicted octanol–water partition coefficient (Wildman–Crippen LogP) is 1.58. The number of esters is 1. The third kappa shape index (κ3) is 4.87. The Balaban J connectivity index is 1.61. The van der Waals surface area contributed by atoms with Gasteiger partial charge in [-0.1, -0.05) is 0 Å². The number of anilines is 1. The summed E-state index contributed by atoms with van der Waals surface area (Å²) < 4.78 is 17.5. The second-order valence-corrected chi connectivity index (χ2v) is 7.33. The highest BCUT2D eigenvalue weighted by molar-refractivity contribution is 5.90. The van der Waals surface area contributed by atoms with Gasteiger partial charge in [0.2, 0.25) is 0 Å². The zero-order chi connectivity index (χ0) is 21.6. The Bertz CT molecular complexity index is 1020. The minimum absolute atomic E-state index is 0.209. The fraction of sp³-hybridized carbons (Fsp3) is 0.476. The number of nitrogens with zero attached hydrogens (tertiary/aromatic N) is 4. The van der Waals surface area contributed by atoms with Crippen molar-refractivity contribution in [3.8, 4) is 11.4 Å². The summed E-state index contributed by atoms with van der Waals surface area (Å²) in [5, 5.41) is 3.52. The van der Waals surface area contributed by atoms with Gasteiger partial charge in [0.15, 0.2) is 0 Å². The first kappa shape index (κ1) is 21.3. The van der Waals surface area contributed by atoms with Gasteiger partial charge in [0.25, 0.3) is 0 Å². The first-order valence-corrected chi connectivity index (χ1v) is 10.4. The standard InChI is InChI=1S/C21H28N6O4/c1-15-18(24-14-23-15)19-20(22-5-6-26-7-9-30-10-8-26)27-13-16(3-4-17(27)25-19)21(28)31-12-11-29-2/h3-4,13-14,22H,5-12H2,1-2H3,(H,23,24). The maximum Gasteiger partial charge on any atom is 0.339 e. The van der Waals surface area contributed by atoms with Crippen LogP contribution in [0.15, 0.2) is 24.7 Å². The number of aromatic amines is 1. The number of hydrogen-bond acceptors (Lipinski definition) is 8. The van der Waals surface area contributed by atoms with E-state index in [1.807, 2.05) is 17.4 Å². The topological polar surface area (TPSA) is 106 Å². The molecule has 1 aliphatic heterocycles. The summed E-state index contributed by atoms with van der Waals surface area (Å²) in [6.45, 7) is 7.51. The molecule has 10 nitrogen and oxygen atoms in total. The molecule has 0 radical (unpaired) electrons. The van der Waals surface area contributed by atoms with Gasteiger partial charge in [-0.05, 0) is 19.1 Å². The average Bonchev–Trinajstić information content (AvgIpc) is 3.37. The lowest BCUT2D eigenvalue weighted by atomic mass is 10.2. The molecule has 4 rings (SSSR count). The van der Waals surface area contributed by atoms with E-state index < -0.39 is 5.97 Å². The number of carbonyl (C=O) groups excluding carboxylic acids is 1. The van der Waals surface area contributed by atoms with Gasteiger partial charge in [0, 0.05) is 39.5 Å². The number of H-pyrrole nitrogens is 1. The Morgan fingerprint density at radius 2 is 2.13 bits per heavy atom. The molecule has 0 saturated carbocycles. The quantitative estimate of drug-likeness (QED) is 0.391. The van der Waals surface area contributed by atoms with E-state index in [4.69, 9.17) is 19.2 Å². The van der Waals surface area contributed by atoms with Gasteiger partial charge in [-0.3, -0.25) is 9.30 Å². The number of pyridine rings is 1. The van der Waals surface area contributed by atoms with Crippen LogP contribution in [0.25, 0.3) is 17.0 Å². The van der Waals surface area contributed by atoms with E-state index in [2.05, 4.69) is 20.2 Å². The van der Waals surface area contributed by atoms with Gasteiger partial charge in [-0.15, -0.1) is 0 Å². The molecule has 3 aromatic rings. The van der Waals surface area contributed by atoms with Crippen LogP contribution in [-0.2, 0) is 14.2 Å². The van der Waals surface area contributed by atoms with Gasteiger partial charge in [-0.25, -0.2) is 14.8 Å². The molecule has 0 unspecified atom stereocenters. The lowest BCUT2D eigenvalue weighted by Crippen LogP contribution is -2.39. The Kier molecular flexibility index (Phi) is 6.80. The number of carbonyl (C=O) groups is 1. The molecule has 0 bridgehead atoms. The third-order valence-corrected chi connectivity index (χ3v) is 5.26. The minimum atomic E-state index is -0.397. The lowest BCUT2D eigenvalue weighted by molar-refractivity contribution is 0.0387. The number of ether oxygens (including phenoxy) is 3. The summed E-state index contributed by atoms with van der Waals surface area (Å²) in [6, 6.07) is 3.54. The van der Waals surface area contributed by atoms with Crippen LogP contribution in [0.3, 0.4) is 0 Å². The maximum atomic E-state index is 12.4. The molecule has 4 heterocycles. The Morgan fingerprint density at radius 1 is 1.29 bits per heavy atom. The summed E-state index contributed by atoms with van der Waals surface area (Å²) >= 11 is 0. The lowest BCUT2D eigenvalue weighted by Gasteiger charge is -2.26. The van der Waals surface area contributed by atoms with Gasteiger partial charge in [-0.2, -0.15) is 0 Å². The van der Waals surface area contributed by atoms with E-state index in [9.17, 15) is 4.79 Å². The average molecular weight is 428 g/mol. The van der Waals surface area contributed by atoms with Crippen molar-refractivity contribution in [3.05, 3.63) is 35.9 Å². The van der Waals surface area contributed by atoms with Crippen LogP contribution < -0.4 is 5.32 Å². The van der Waals surface area contributed by atoms with E-state index in [1.54, 1.807) is 25.7 Å². The Hall–Kier alpha value is -2.95. The fourth-order valence-electron chi connectivity index (χ4n) is 3.57. The van der Waals surface area contributed by atoms with Crippen LogP contribution >= 0.6 is 0 Å². The summed E-state index contributed by atoms with van der Waals surface area (Å²) in [4.78, 5) is 27.0. The summed E-state index contributed by atoms with van der Waals surface area (Å²) in [6.07, 6.45) is 3.41. The van der Waals surface area contributed by atoms with Crippen molar-refractivity contribution in [2.24, 2.45) is 0 Å². The number of aromatic nitrogens is 4. The van der Waals surface area contributed by atoms with Crippen LogP contribution in [0.1, 0.15) is 16.1 Å². The van der Waals surface area contributed by atoms with Crippen LogP contribution in [0.5, 0.6) is 0 Å². The van der Waals surface area contributed by atoms with Crippen LogP contribution in [-0.4, -0.2) is 89.9 Å². The largest absolute Gasteiger partial charge is 0.460 e. The zero-order valence-corrected chi connectivity index (χ0v) is 17.9. The van der Waals surface area contributed by atoms with Crippen molar-refractivity contribution in [2.75, 3.05) is 65.0 Å². The van der Waals surface area contributed by atoms with Gasteiger partial charge in [0.05, 0.1) is 43.1 Å². The normalized spacial score (nSPS) is 14.8. The van der Waals surface area contributed by atoms with E-state index >= 15 is 0 Å². The smallest absolute Gasteiger partial charge is 0.339 e. The highest BCUT2D eigenvalue weighted by atomic mass is 16.6. The number of aryl methyl sites for hydroxylation is 1. The molecule has 10 heteroatoms. The number of hydrogen-bond donors (Lipinski definition) is 2. The predicted molar refractivity (Wildman–Crippen MR) is 115 cm³/mol. The SMILES string of the molecule is COCCOC(=O)c1ccc2nc(-c3[nH]cnc3C)c(NCCN3CCOCC3)n2c1. The molecule has 1 aliphatic rings. The van der Waals surface area contributed by atoms with Crippen molar-refractivity contribution in [2.45, 2.75) is 6.92 Å². The molecule has 2 N–H and O–H groups in total. The van der Waals surface area contributed by atoms with Crippen molar-refractivity contribution in [3.63, 3.8) is 0 Å². The second-order valence-electron chi connectivity index (χ2n) is 7.33. The fourth-order valence-corrected chi connectivity index (χ4v) is 3.57. The number of rotatable bonds is 9. The minimum Gasteiger partial charge on any atom is -0.460 e. The first-order chi connectivity index (χ1) is 15.2. The number of fused-ring (bicyclic) bond motifs is 1. The molecule has 0 aromatic carbocycles. The highest BCUT2D eigenvalue weighted by Gasteiger charge is 2.19. The molecule has 31 heavy (non-hydrogen) atoms. The van der Waals surface area contributed by atoms with Gasteiger partial charge in [0.1, 0.15) is 23.8 Å². The molecular formula is C21H28N6O4. The first-order valence-electron chi connectivity index (χ1n) is 10.4. The molecular weight excluding hydrogens is 400 g/mol. The van der Waals surface area contributed by atoms with Crippen molar-refractivity contribution in [1.82, 2.24) is 24.3 Å². The number of methoxy groups -OCH3 is 1. The number of nitrogens with one attached hydrogen (secondary N) is 2. The second kappa shape index (κ2) is 9.90. The molecule has 3 aromatic heterocycles. The number of morpholine rings is 1. The molecule has 0 atom stereocenters. The molecule has 0 spiro atoms. The van der Waals surface area contributed by atoms with Crippen LogP contribution in [0, 0.1) is 6.92 Å². The van der Waals surface area contributed by atoms with E-state index in [1.165, 1.54) is 0 Å². The third-order valence-electron chi connectivity index (χ3n) is 5.26. The van der Waals surface area contributed by atoms with Crippen LogP contribution in [0.2, 0.25) is 0 Å². The van der Waals surface area contributed by atoms with Crippen molar-refractivity contribution < 1.29 is 19.0 Å². The summed E-state index contributed by atoms with van der Waals surface area (Å²) in [5.41, 5.74) is 3.65. The van der Waals surface area contributed by atoms with E-state index in [0.29, 0.717) is 12.2 Å². The van der Waals surface area contributed by atoms with E-state index in [-0.39, 0.29) is 6.61 Å². The Labute approximate surface area is 180 Å². The molecule has 166 valence electrons. The van der Waals surface area contributed by atoms with Gasteiger partial charge < -0.3 is 24.5 Å².